The molecule has 1 aromatic heterocycles. The number of carbonyl (C=O) groups is 1. The van der Waals surface area contributed by atoms with Crippen LogP contribution in [0.2, 0.25) is 0 Å². The summed E-state index contributed by atoms with van der Waals surface area (Å²) in [7, 11) is 1.55. The molecule has 0 spiro atoms. The molecule has 1 aliphatic heterocycles. The van der Waals surface area contributed by atoms with Crippen molar-refractivity contribution in [2.24, 2.45) is 5.73 Å². The van der Waals surface area contributed by atoms with Gasteiger partial charge in [0.05, 0.1) is 38.2 Å². The molecule has 172 valence electrons. The Morgan fingerprint density at radius 1 is 1.18 bits per heavy atom. The molecule has 0 aliphatic carbocycles. The van der Waals surface area contributed by atoms with Crippen LogP contribution in [0.3, 0.4) is 0 Å². The van der Waals surface area contributed by atoms with Crippen molar-refractivity contribution in [1.82, 2.24) is 9.97 Å². The standard InChI is InChI=1S/C24H28N6O3/c1-16-15-26-24(27-18-4-6-19(7-5-18)30-9-11-33-12-10-30)29-23(16)17-3-8-20(21(13-17)32-2)28-22(31)14-25/h3-8,13,15H,9-12,14,25H2,1-2H3,(H,28,31)(H,26,27,29). The molecule has 9 nitrogen and oxygen atoms in total. The molecule has 1 amide bonds. The van der Waals surface area contributed by atoms with E-state index in [1.54, 1.807) is 19.4 Å². The zero-order chi connectivity index (χ0) is 23.2. The minimum atomic E-state index is -0.287. The molecule has 3 aromatic rings. The Morgan fingerprint density at radius 2 is 1.94 bits per heavy atom. The number of nitrogens with two attached hydrogens (primary N) is 1. The molecular formula is C24H28N6O3. The van der Waals surface area contributed by atoms with Crippen molar-refractivity contribution < 1.29 is 14.3 Å². The van der Waals surface area contributed by atoms with Gasteiger partial charge in [0.1, 0.15) is 5.75 Å². The summed E-state index contributed by atoms with van der Waals surface area (Å²) in [6, 6.07) is 13.7. The highest BCUT2D eigenvalue weighted by atomic mass is 16.5. The maximum absolute atomic E-state index is 11.7. The predicted molar refractivity (Wildman–Crippen MR) is 129 cm³/mol. The number of hydrogen-bond acceptors (Lipinski definition) is 8. The number of aromatic nitrogens is 2. The monoisotopic (exact) mass is 448 g/mol. The Labute approximate surface area is 192 Å². The summed E-state index contributed by atoms with van der Waals surface area (Å²) in [5.74, 6) is 0.736. The van der Waals surface area contributed by atoms with Gasteiger partial charge in [-0.3, -0.25) is 4.79 Å². The molecule has 2 aromatic carbocycles. The summed E-state index contributed by atoms with van der Waals surface area (Å²) in [6.07, 6.45) is 1.78. The van der Waals surface area contributed by atoms with Crippen molar-refractivity contribution in [3.05, 3.63) is 54.2 Å². The van der Waals surface area contributed by atoms with Gasteiger partial charge in [-0.15, -0.1) is 0 Å². The summed E-state index contributed by atoms with van der Waals surface area (Å²) < 4.78 is 10.9. The van der Waals surface area contributed by atoms with E-state index in [-0.39, 0.29) is 12.5 Å². The van der Waals surface area contributed by atoms with Gasteiger partial charge < -0.3 is 30.7 Å². The number of ether oxygens (including phenoxy) is 2. The van der Waals surface area contributed by atoms with Gasteiger partial charge in [0.2, 0.25) is 11.9 Å². The van der Waals surface area contributed by atoms with E-state index >= 15 is 0 Å². The minimum absolute atomic E-state index is 0.0988. The lowest BCUT2D eigenvalue weighted by Gasteiger charge is -2.28. The zero-order valence-electron chi connectivity index (χ0n) is 18.8. The van der Waals surface area contributed by atoms with Crippen LogP contribution in [0.1, 0.15) is 5.56 Å². The number of hydrogen-bond donors (Lipinski definition) is 3. The number of amides is 1. The zero-order valence-corrected chi connectivity index (χ0v) is 18.8. The number of morpholine rings is 1. The number of anilines is 4. The number of nitrogens with zero attached hydrogens (tertiary/aromatic N) is 3. The van der Waals surface area contributed by atoms with Gasteiger partial charge in [-0.05, 0) is 48.9 Å². The van der Waals surface area contributed by atoms with E-state index < -0.39 is 0 Å². The third-order valence-electron chi connectivity index (χ3n) is 5.41. The first-order valence-corrected chi connectivity index (χ1v) is 10.8. The molecule has 0 saturated carbocycles. The number of carbonyl (C=O) groups excluding carboxylic acids is 1. The van der Waals surface area contributed by atoms with Gasteiger partial charge in [-0.25, -0.2) is 9.97 Å². The lowest BCUT2D eigenvalue weighted by atomic mass is 10.1. The summed E-state index contributed by atoms with van der Waals surface area (Å²) >= 11 is 0. The number of nitrogens with one attached hydrogen (secondary N) is 2. The molecule has 9 heteroatoms. The highest BCUT2D eigenvalue weighted by molar-refractivity contribution is 5.94. The van der Waals surface area contributed by atoms with E-state index in [2.05, 4.69) is 32.7 Å². The van der Waals surface area contributed by atoms with Crippen molar-refractivity contribution in [1.29, 1.82) is 0 Å². The molecule has 4 N–H and O–H groups in total. The molecule has 1 aliphatic rings. The van der Waals surface area contributed by atoms with Crippen molar-refractivity contribution >= 4 is 28.9 Å². The SMILES string of the molecule is COc1cc(-c2nc(Nc3ccc(N4CCOCC4)cc3)ncc2C)ccc1NC(=O)CN. The number of aryl methyl sites for hydroxylation is 1. The van der Waals surface area contributed by atoms with Crippen LogP contribution in [-0.4, -0.2) is 55.8 Å². The van der Waals surface area contributed by atoms with Gasteiger partial charge in [0.15, 0.2) is 0 Å². The Bertz CT molecular complexity index is 1110. The maximum Gasteiger partial charge on any atom is 0.238 e. The molecule has 0 radical (unpaired) electrons. The van der Waals surface area contributed by atoms with Crippen molar-refractivity contribution in [2.45, 2.75) is 6.92 Å². The van der Waals surface area contributed by atoms with Crippen molar-refractivity contribution in [3.63, 3.8) is 0 Å². The molecule has 1 saturated heterocycles. The van der Waals surface area contributed by atoms with Crippen LogP contribution in [0.4, 0.5) is 23.0 Å². The lowest BCUT2D eigenvalue weighted by molar-refractivity contribution is -0.114. The number of methoxy groups -OCH3 is 1. The van der Waals surface area contributed by atoms with Gasteiger partial charge in [-0.1, -0.05) is 6.07 Å². The number of benzene rings is 2. The molecule has 33 heavy (non-hydrogen) atoms. The summed E-state index contributed by atoms with van der Waals surface area (Å²) in [5, 5.41) is 6.01. The van der Waals surface area contributed by atoms with Crippen LogP contribution in [0.5, 0.6) is 5.75 Å². The van der Waals surface area contributed by atoms with Crippen LogP contribution >= 0.6 is 0 Å². The second-order valence-electron chi connectivity index (χ2n) is 7.66. The molecular weight excluding hydrogens is 420 g/mol. The fourth-order valence-electron chi connectivity index (χ4n) is 3.64. The largest absolute Gasteiger partial charge is 0.495 e. The minimum Gasteiger partial charge on any atom is -0.495 e. The van der Waals surface area contributed by atoms with Gasteiger partial charge in [0.25, 0.3) is 0 Å². The second kappa shape index (κ2) is 10.3. The van der Waals surface area contributed by atoms with E-state index in [0.29, 0.717) is 17.4 Å². The first-order chi connectivity index (χ1) is 16.1. The van der Waals surface area contributed by atoms with Crippen LogP contribution in [-0.2, 0) is 9.53 Å². The Balaban J connectivity index is 1.53. The van der Waals surface area contributed by atoms with Crippen LogP contribution in [0.25, 0.3) is 11.3 Å². The van der Waals surface area contributed by atoms with Crippen LogP contribution < -0.4 is 26.0 Å². The second-order valence-corrected chi connectivity index (χ2v) is 7.66. The van der Waals surface area contributed by atoms with Gasteiger partial charge in [-0.2, -0.15) is 0 Å². The van der Waals surface area contributed by atoms with E-state index in [1.165, 1.54) is 5.69 Å². The van der Waals surface area contributed by atoms with Crippen molar-refractivity contribution in [2.75, 3.05) is 55.5 Å². The maximum atomic E-state index is 11.7. The molecule has 1 fully saturated rings. The molecule has 0 bridgehead atoms. The topological polar surface area (TPSA) is 115 Å². The highest BCUT2D eigenvalue weighted by Crippen LogP contribution is 2.32. The third-order valence-corrected chi connectivity index (χ3v) is 5.41. The van der Waals surface area contributed by atoms with Gasteiger partial charge >= 0.3 is 0 Å². The summed E-state index contributed by atoms with van der Waals surface area (Å²) in [6.45, 7) is 5.16. The third kappa shape index (κ3) is 5.39. The smallest absolute Gasteiger partial charge is 0.238 e. The fourth-order valence-corrected chi connectivity index (χ4v) is 3.64. The Morgan fingerprint density at radius 3 is 2.64 bits per heavy atom. The average molecular weight is 449 g/mol. The van der Waals surface area contributed by atoms with E-state index in [1.807, 2.05) is 31.2 Å². The van der Waals surface area contributed by atoms with Crippen LogP contribution in [0.15, 0.2) is 48.7 Å². The summed E-state index contributed by atoms with van der Waals surface area (Å²) in [5.41, 5.74) is 10.6. The average Bonchev–Trinajstić information content (AvgIpc) is 2.86. The van der Waals surface area contributed by atoms with Crippen LogP contribution in [0, 0.1) is 6.92 Å². The first-order valence-electron chi connectivity index (χ1n) is 10.8. The Hall–Kier alpha value is -3.69. The highest BCUT2D eigenvalue weighted by Gasteiger charge is 2.13. The van der Waals surface area contributed by atoms with E-state index in [0.717, 1.165) is 48.8 Å². The van der Waals surface area contributed by atoms with Gasteiger partial charge in [0, 0.05) is 36.2 Å². The normalized spacial score (nSPS) is 13.5. The Kier molecular flexibility index (Phi) is 7.01. The number of rotatable bonds is 7. The summed E-state index contributed by atoms with van der Waals surface area (Å²) in [4.78, 5) is 23.1. The predicted octanol–water partition coefficient (Wildman–Crippen LogP) is 2.94. The van der Waals surface area contributed by atoms with E-state index in [4.69, 9.17) is 20.2 Å². The first kappa shape index (κ1) is 22.5. The lowest BCUT2D eigenvalue weighted by Crippen LogP contribution is -2.36. The van der Waals surface area contributed by atoms with Crippen molar-refractivity contribution in [3.8, 4) is 17.0 Å². The molecule has 0 unspecified atom stereocenters. The molecule has 4 rings (SSSR count). The fraction of sp³-hybridized carbons (Fsp3) is 0.292. The molecule has 2 heterocycles. The quantitative estimate of drug-likeness (QED) is 0.505. The molecule has 0 atom stereocenters. The van der Waals surface area contributed by atoms with E-state index in [9.17, 15) is 4.79 Å².